The third kappa shape index (κ3) is 2.27. The second-order valence-corrected chi connectivity index (χ2v) is 3.89. The predicted molar refractivity (Wildman–Crippen MR) is 57.1 cm³/mol. The molecule has 2 rings (SSSR count). The topological polar surface area (TPSA) is 88.2 Å². The first-order valence-electron chi connectivity index (χ1n) is 5.48. The summed E-state index contributed by atoms with van der Waals surface area (Å²) < 4.78 is 4.71. The van der Waals surface area contributed by atoms with Crippen LogP contribution in [-0.4, -0.2) is 51.9 Å². The first-order chi connectivity index (χ1) is 8.24. The van der Waals surface area contributed by atoms with Gasteiger partial charge in [0.25, 0.3) is 5.91 Å². The summed E-state index contributed by atoms with van der Waals surface area (Å²) in [5.41, 5.74) is 0.223. The van der Waals surface area contributed by atoms with Gasteiger partial charge in [-0.3, -0.25) is 4.79 Å². The zero-order chi connectivity index (χ0) is 12.3. The lowest BCUT2D eigenvalue weighted by Gasteiger charge is -2.33. The first kappa shape index (κ1) is 11.6. The Kier molecular flexibility index (Phi) is 3.36. The average Bonchev–Trinajstić information content (AvgIpc) is 2.91. The Labute approximate surface area is 98.1 Å². The number of rotatable bonds is 2. The highest BCUT2D eigenvalue weighted by atomic mass is 16.5. The van der Waals surface area contributed by atoms with Crippen LogP contribution in [0.2, 0.25) is 0 Å². The number of carbonyl (C=O) groups excluding carboxylic acids is 2. The number of aromatic nitrogens is 3. The minimum absolute atomic E-state index is 0.223. The van der Waals surface area contributed by atoms with E-state index < -0.39 is 6.04 Å². The van der Waals surface area contributed by atoms with Crippen LogP contribution < -0.4 is 0 Å². The van der Waals surface area contributed by atoms with E-state index in [-0.39, 0.29) is 17.6 Å². The van der Waals surface area contributed by atoms with Crippen LogP contribution in [-0.2, 0) is 9.53 Å². The Bertz CT molecular complexity index is 404. The number of aromatic amines is 1. The number of amides is 1. The standard InChI is InChI=1S/C10H14N4O3/c1-17-10(16)8-4-2-3-5-14(8)9(15)7-6-11-13-12-7/h6,8H,2-5H2,1H3,(H,11,12,13). The summed E-state index contributed by atoms with van der Waals surface area (Å²) in [6.45, 7) is 0.547. The molecule has 1 amide bonds. The smallest absolute Gasteiger partial charge is 0.328 e. The SMILES string of the molecule is COC(=O)C1CCCCN1C(=O)c1cn[nH]n1. The van der Waals surface area contributed by atoms with Crippen molar-refractivity contribution in [2.45, 2.75) is 25.3 Å². The summed E-state index contributed by atoms with van der Waals surface area (Å²) >= 11 is 0. The van der Waals surface area contributed by atoms with Crippen molar-refractivity contribution in [1.82, 2.24) is 20.3 Å². The molecule has 0 radical (unpaired) electrons. The number of likely N-dealkylation sites (tertiary alicyclic amines) is 1. The normalized spacial score (nSPS) is 20.1. The Morgan fingerprint density at radius 1 is 1.53 bits per heavy atom. The number of H-pyrrole nitrogens is 1. The number of hydrogen-bond acceptors (Lipinski definition) is 5. The third-order valence-electron chi connectivity index (χ3n) is 2.87. The van der Waals surface area contributed by atoms with Crippen molar-refractivity contribution in [2.75, 3.05) is 13.7 Å². The zero-order valence-electron chi connectivity index (χ0n) is 9.55. The molecule has 0 spiro atoms. The Morgan fingerprint density at radius 2 is 2.35 bits per heavy atom. The molecule has 0 bridgehead atoms. The summed E-state index contributed by atoms with van der Waals surface area (Å²) in [7, 11) is 1.33. The Morgan fingerprint density at radius 3 is 3.00 bits per heavy atom. The van der Waals surface area contributed by atoms with E-state index in [2.05, 4.69) is 15.4 Å². The number of ether oxygens (including phenoxy) is 1. The van der Waals surface area contributed by atoms with Crippen LogP contribution in [0, 0.1) is 0 Å². The predicted octanol–water partition coefficient (Wildman–Crippen LogP) is -0.0276. The molecule has 1 fully saturated rings. The van der Waals surface area contributed by atoms with Crippen molar-refractivity contribution in [3.05, 3.63) is 11.9 Å². The maximum Gasteiger partial charge on any atom is 0.328 e. The quantitative estimate of drug-likeness (QED) is 0.731. The van der Waals surface area contributed by atoms with Gasteiger partial charge in [-0.25, -0.2) is 4.79 Å². The fourth-order valence-corrected chi connectivity index (χ4v) is 2.01. The number of methoxy groups -OCH3 is 1. The van der Waals surface area contributed by atoms with Crippen molar-refractivity contribution < 1.29 is 14.3 Å². The molecule has 17 heavy (non-hydrogen) atoms. The van der Waals surface area contributed by atoms with Crippen LogP contribution in [0.5, 0.6) is 0 Å². The summed E-state index contributed by atoms with van der Waals surface area (Å²) in [6.07, 6.45) is 3.79. The third-order valence-corrected chi connectivity index (χ3v) is 2.87. The maximum atomic E-state index is 12.1. The van der Waals surface area contributed by atoms with Gasteiger partial charge < -0.3 is 9.64 Å². The second-order valence-electron chi connectivity index (χ2n) is 3.89. The molecule has 0 aromatic carbocycles. The van der Waals surface area contributed by atoms with E-state index in [1.54, 1.807) is 0 Å². The Hall–Kier alpha value is -1.92. The van der Waals surface area contributed by atoms with Crippen LogP contribution in [0.15, 0.2) is 6.20 Å². The molecule has 1 aliphatic heterocycles. The minimum Gasteiger partial charge on any atom is -0.467 e. The molecule has 1 saturated heterocycles. The first-order valence-corrected chi connectivity index (χ1v) is 5.48. The van der Waals surface area contributed by atoms with Gasteiger partial charge in [-0.15, -0.1) is 0 Å². The summed E-state index contributed by atoms with van der Waals surface area (Å²) in [4.78, 5) is 25.2. The minimum atomic E-state index is -0.502. The van der Waals surface area contributed by atoms with Crippen LogP contribution in [0.25, 0.3) is 0 Å². The van der Waals surface area contributed by atoms with Gasteiger partial charge in [0.15, 0.2) is 5.69 Å². The zero-order valence-corrected chi connectivity index (χ0v) is 9.55. The second kappa shape index (κ2) is 4.94. The average molecular weight is 238 g/mol. The fourth-order valence-electron chi connectivity index (χ4n) is 2.01. The van der Waals surface area contributed by atoms with Crippen molar-refractivity contribution in [3.63, 3.8) is 0 Å². The van der Waals surface area contributed by atoms with Crippen LogP contribution in [0.1, 0.15) is 29.8 Å². The fraction of sp³-hybridized carbons (Fsp3) is 0.600. The molecular formula is C10H14N4O3. The van der Waals surface area contributed by atoms with E-state index in [9.17, 15) is 9.59 Å². The lowest BCUT2D eigenvalue weighted by molar-refractivity contribution is -0.147. The molecule has 0 saturated carbocycles. The number of nitrogens with zero attached hydrogens (tertiary/aromatic N) is 3. The molecule has 92 valence electrons. The number of esters is 1. The largest absolute Gasteiger partial charge is 0.467 e. The van der Waals surface area contributed by atoms with E-state index in [0.29, 0.717) is 13.0 Å². The molecular weight excluding hydrogens is 224 g/mol. The molecule has 7 heteroatoms. The highest BCUT2D eigenvalue weighted by molar-refractivity contribution is 5.95. The van der Waals surface area contributed by atoms with Gasteiger partial charge in [-0.2, -0.15) is 15.4 Å². The van der Waals surface area contributed by atoms with Crippen LogP contribution >= 0.6 is 0 Å². The van der Waals surface area contributed by atoms with E-state index in [1.165, 1.54) is 18.2 Å². The summed E-state index contributed by atoms with van der Waals surface area (Å²) in [6, 6.07) is -0.502. The summed E-state index contributed by atoms with van der Waals surface area (Å²) in [5, 5.41) is 9.70. The van der Waals surface area contributed by atoms with Gasteiger partial charge in [0.05, 0.1) is 13.3 Å². The molecule has 1 atom stereocenters. The van der Waals surface area contributed by atoms with Crippen molar-refractivity contribution >= 4 is 11.9 Å². The van der Waals surface area contributed by atoms with Crippen LogP contribution in [0.3, 0.4) is 0 Å². The molecule has 1 aromatic heterocycles. The molecule has 7 nitrogen and oxygen atoms in total. The Balaban J connectivity index is 2.16. The number of hydrogen-bond donors (Lipinski definition) is 1. The van der Waals surface area contributed by atoms with Gasteiger partial charge in [0.1, 0.15) is 6.04 Å². The monoisotopic (exact) mass is 238 g/mol. The maximum absolute atomic E-state index is 12.1. The van der Waals surface area contributed by atoms with Gasteiger partial charge in [-0.05, 0) is 19.3 Å². The summed E-state index contributed by atoms with van der Waals surface area (Å²) in [5.74, 6) is -0.657. The van der Waals surface area contributed by atoms with Crippen molar-refractivity contribution in [2.24, 2.45) is 0 Å². The van der Waals surface area contributed by atoms with Gasteiger partial charge in [0, 0.05) is 6.54 Å². The molecule has 1 aliphatic rings. The van der Waals surface area contributed by atoms with Gasteiger partial charge >= 0.3 is 5.97 Å². The lowest BCUT2D eigenvalue weighted by atomic mass is 10.0. The molecule has 1 aromatic rings. The van der Waals surface area contributed by atoms with E-state index in [1.807, 2.05) is 0 Å². The molecule has 2 heterocycles. The highest BCUT2D eigenvalue weighted by Crippen LogP contribution is 2.19. The molecule has 1 unspecified atom stereocenters. The number of carbonyl (C=O) groups is 2. The van der Waals surface area contributed by atoms with E-state index in [4.69, 9.17) is 4.74 Å². The number of nitrogens with one attached hydrogen (secondary N) is 1. The van der Waals surface area contributed by atoms with Gasteiger partial charge in [-0.1, -0.05) is 0 Å². The van der Waals surface area contributed by atoms with Gasteiger partial charge in [0.2, 0.25) is 0 Å². The van der Waals surface area contributed by atoms with Crippen LogP contribution in [0.4, 0.5) is 0 Å². The molecule has 1 N–H and O–H groups in total. The van der Waals surface area contributed by atoms with E-state index >= 15 is 0 Å². The lowest BCUT2D eigenvalue weighted by Crippen LogP contribution is -2.48. The van der Waals surface area contributed by atoms with Crippen molar-refractivity contribution in [1.29, 1.82) is 0 Å². The number of piperidine rings is 1. The molecule has 0 aliphatic carbocycles. The highest BCUT2D eigenvalue weighted by Gasteiger charge is 2.34. The van der Waals surface area contributed by atoms with Crippen molar-refractivity contribution in [3.8, 4) is 0 Å². The van der Waals surface area contributed by atoms with E-state index in [0.717, 1.165) is 12.8 Å².